The molecule has 2 heterocycles. The highest BCUT2D eigenvalue weighted by atomic mass is 35.5. The van der Waals surface area contributed by atoms with E-state index in [0.29, 0.717) is 13.0 Å². The molecule has 5 nitrogen and oxygen atoms in total. The van der Waals surface area contributed by atoms with Gasteiger partial charge in [0.2, 0.25) is 0 Å². The van der Waals surface area contributed by atoms with Crippen LogP contribution in [0, 0.1) is 6.92 Å². The molecule has 0 amide bonds. The maximum Gasteiger partial charge on any atom is 0.306 e. The number of fused-ring (bicyclic) bond motifs is 2. The Hall–Kier alpha value is -3.74. The lowest BCUT2D eigenvalue weighted by molar-refractivity contribution is -0.141. The fraction of sp³-hybridized carbons (Fsp3) is 0.235. The molecule has 7 heteroatoms. The van der Waals surface area contributed by atoms with Gasteiger partial charge < -0.3 is 9.47 Å². The summed E-state index contributed by atoms with van der Waals surface area (Å²) >= 11 is 7.83. The molecule has 1 atom stereocenters. The maximum absolute atomic E-state index is 11.8. The van der Waals surface area contributed by atoms with Crippen molar-refractivity contribution < 1.29 is 14.3 Å². The molecule has 41 heavy (non-hydrogen) atoms. The highest BCUT2D eigenvalue weighted by Crippen LogP contribution is 2.37. The molecule has 0 spiro atoms. The van der Waals surface area contributed by atoms with E-state index in [9.17, 15) is 4.79 Å². The molecular formula is C34H31ClN2O3S. The summed E-state index contributed by atoms with van der Waals surface area (Å²) in [6.45, 7) is 2.72. The van der Waals surface area contributed by atoms with Crippen LogP contribution in [-0.4, -0.2) is 29.2 Å². The van der Waals surface area contributed by atoms with Crippen LogP contribution in [-0.2, 0) is 28.1 Å². The Morgan fingerprint density at radius 2 is 1.83 bits per heavy atom. The van der Waals surface area contributed by atoms with Crippen molar-refractivity contribution in [2.24, 2.45) is 0 Å². The van der Waals surface area contributed by atoms with E-state index >= 15 is 0 Å². The highest BCUT2D eigenvalue weighted by molar-refractivity contribution is 7.98. The van der Waals surface area contributed by atoms with Crippen LogP contribution in [0.25, 0.3) is 16.7 Å². The lowest BCUT2D eigenvalue weighted by Crippen LogP contribution is -2.09. The zero-order chi connectivity index (χ0) is 28.3. The zero-order valence-electron chi connectivity index (χ0n) is 23.1. The predicted octanol–water partition coefficient (Wildman–Crippen LogP) is 8.10. The van der Waals surface area contributed by atoms with Crippen molar-refractivity contribution >= 4 is 40.4 Å². The van der Waals surface area contributed by atoms with Crippen molar-refractivity contribution in [3.05, 3.63) is 118 Å². The van der Waals surface area contributed by atoms with Crippen LogP contribution in [0.15, 0.2) is 90.1 Å². The van der Waals surface area contributed by atoms with Crippen molar-refractivity contribution in [2.45, 2.75) is 43.0 Å². The second-order valence-electron chi connectivity index (χ2n) is 10.4. The number of aromatic nitrogens is 2. The number of ether oxygens (including phenoxy) is 2. The lowest BCUT2D eigenvalue weighted by atomic mass is 9.94. The topological polar surface area (TPSA) is 53.4 Å². The fourth-order valence-corrected chi connectivity index (χ4v) is 6.56. The third kappa shape index (κ3) is 5.85. The Kier molecular flexibility index (Phi) is 8.04. The molecule has 208 valence electrons. The molecule has 0 aliphatic carbocycles. The van der Waals surface area contributed by atoms with Gasteiger partial charge in [0.15, 0.2) is 5.16 Å². The Morgan fingerprint density at radius 1 is 1.02 bits per heavy atom. The Morgan fingerprint density at radius 3 is 2.66 bits per heavy atom. The van der Waals surface area contributed by atoms with Crippen LogP contribution in [0.4, 0.5) is 0 Å². The molecule has 1 aliphatic heterocycles. The minimum Gasteiger partial charge on any atom is -0.493 e. The molecule has 0 radical (unpaired) electrons. The van der Waals surface area contributed by atoms with E-state index in [4.69, 9.17) is 26.1 Å². The zero-order valence-corrected chi connectivity index (χ0v) is 24.7. The first-order chi connectivity index (χ1) is 20.0. The molecule has 0 saturated heterocycles. The molecule has 1 aromatic heterocycles. The third-order valence-electron chi connectivity index (χ3n) is 7.75. The van der Waals surface area contributed by atoms with Gasteiger partial charge in [-0.3, -0.25) is 9.36 Å². The summed E-state index contributed by atoms with van der Waals surface area (Å²) in [5.74, 6) is 1.54. The molecule has 0 fully saturated rings. The number of benzene rings is 4. The van der Waals surface area contributed by atoms with Crippen molar-refractivity contribution in [1.29, 1.82) is 0 Å². The van der Waals surface area contributed by atoms with E-state index < -0.39 is 0 Å². The molecule has 6 rings (SSSR count). The molecule has 4 aromatic carbocycles. The molecular weight excluding hydrogens is 552 g/mol. The summed E-state index contributed by atoms with van der Waals surface area (Å²) in [7, 11) is 1.43. The Balaban J connectivity index is 1.24. The van der Waals surface area contributed by atoms with Crippen LogP contribution in [0.3, 0.4) is 0 Å². The van der Waals surface area contributed by atoms with E-state index in [-0.39, 0.29) is 11.9 Å². The van der Waals surface area contributed by atoms with Gasteiger partial charge in [0.25, 0.3) is 0 Å². The number of thioether (sulfide) groups is 1. The van der Waals surface area contributed by atoms with Crippen LogP contribution >= 0.6 is 23.4 Å². The average Bonchev–Trinajstić information content (AvgIpc) is 3.57. The molecule has 1 aliphatic rings. The summed E-state index contributed by atoms with van der Waals surface area (Å²) in [6.07, 6.45) is 2.15. The van der Waals surface area contributed by atoms with Gasteiger partial charge in [-0.2, -0.15) is 0 Å². The number of hydrogen-bond acceptors (Lipinski definition) is 5. The quantitative estimate of drug-likeness (QED) is 0.130. The number of imidazole rings is 1. The second kappa shape index (κ2) is 12.0. The van der Waals surface area contributed by atoms with Gasteiger partial charge in [-0.05, 0) is 78.4 Å². The third-order valence-corrected chi connectivity index (χ3v) is 9.01. The minimum atomic E-state index is -0.205. The van der Waals surface area contributed by atoms with Gasteiger partial charge in [0.1, 0.15) is 5.75 Å². The van der Waals surface area contributed by atoms with E-state index in [2.05, 4.69) is 78.2 Å². The van der Waals surface area contributed by atoms with Crippen LogP contribution in [0.2, 0.25) is 5.02 Å². The van der Waals surface area contributed by atoms with E-state index in [1.807, 2.05) is 18.2 Å². The summed E-state index contributed by atoms with van der Waals surface area (Å²) in [4.78, 5) is 16.8. The normalized spacial score (nSPS) is 14.2. The number of aryl methyl sites for hydroxylation is 2. The largest absolute Gasteiger partial charge is 0.493 e. The van der Waals surface area contributed by atoms with Gasteiger partial charge >= 0.3 is 5.97 Å². The van der Waals surface area contributed by atoms with Gasteiger partial charge in [0, 0.05) is 22.3 Å². The van der Waals surface area contributed by atoms with Crippen molar-refractivity contribution in [3.8, 4) is 11.4 Å². The fourth-order valence-electron chi connectivity index (χ4n) is 5.45. The summed E-state index contributed by atoms with van der Waals surface area (Å²) in [5.41, 5.74) is 9.31. The van der Waals surface area contributed by atoms with Crippen LogP contribution in [0.1, 0.15) is 40.2 Å². The van der Waals surface area contributed by atoms with E-state index in [1.165, 1.54) is 29.4 Å². The monoisotopic (exact) mass is 582 g/mol. The van der Waals surface area contributed by atoms with Crippen molar-refractivity contribution in [2.75, 3.05) is 13.7 Å². The standard InChI is InChI=1S/C34H31ClN2O3S/c1-22-25(14-10-23-13-17-28-26(19-33(38)39-2)20-40-32(28)18-23)6-5-9-30(22)37-31-8-4-3-7-29(31)36-34(37)41-21-24-11-15-27(35)16-12-24/h3-9,11-13,15-18,26H,10,14,19-21H2,1-2H3/t26-/m1/s1. The van der Waals surface area contributed by atoms with E-state index in [0.717, 1.165) is 56.8 Å². The van der Waals surface area contributed by atoms with Gasteiger partial charge in [-0.15, -0.1) is 0 Å². The maximum atomic E-state index is 11.8. The number of nitrogens with zero attached hydrogens (tertiary/aromatic N) is 2. The van der Waals surface area contributed by atoms with Gasteiger partial charge in [-0.1, -0.05) is 71.9 Å². The number of methoxy groups -OCH3 is 1. The first-order valence-electron chi connectivity index (χ1n) is 13.8. The predicted molar refractivity (Wildman–Crippen MR) is 166 cm³/mol. The first-order valence-corrected chi connectivity index (χ1v) is 15.1. The Bertz CT molecular complexity index is 1710. The van der Waals surface area contributed by atoms with Gasteiger partial charge in [-0.25, -0.2) is 4.98 Å². The molecule has 0 bridgehead atoms. The summed E-state index contributed by atoms with van der Waals surface area (Å²) in [5, 5.41) is 1.72. The number of para-hydroxylation sites is 2. The summed E-state index contributed by atoms with van der Waals surface area (Å²) in [6, 6.07) is 29.2. The lowest BCUT2D eigenvalue weighted by Gasteiger charge is -2.16. The molecule has 0 N–H and O–H groups in total. The number of hydrogen-bond donors (Lipinski definition) is 0. The molecule has 5 aromatic rings. The summed E-state index contributed by atoms with van der Waals surface area (Å²) < 4.78 is 13.1. The SMILES string of the molecule is COC(=O)C[C@@H]1COc2cc(CCc3cccc(-n4c(SCc5ccc(Cl)cc5)nc5ccccc54)c3C)ccc21. The number of carbonyl (C=O) groups is 1. The average molecular weight is 583 g/mol. The highest BCUT2D eigenvalue weighted by Gasteiger charge is 2.27. The number of carbonyl (C=O) groups excluding carboxylic acids is 1. The first kappa shape index (κ1) is 27.4. The molecule has 0 saturated carbocycles. The van der Waals surface area contributed by atoms with Crippen LogP contribution in [0.5, 0.6) is 5.75 Å². The number of rotatable bonds is 9. The van der Waals surface area contributed by atoms with Crippen molar-refractivity contribution in [3.63, 3.8) is 0 Å². The van der Waals surface area contributed by atoms with Gasteiger partial charge in [0.05, 0.1) is 36.9 Å². The second-order valence-corrected chi connectivity index (χ2v) is 11.7. The van der Waals surface area contributed by atoms with Crippen LogP contribution < -0.4 is 4.74 Å². The Labute approximate surface area is 249 Å². The molecule has 0 unspecified atom stereocenters. The number of halogens is 1. The minimum absolute atomic E-state index is 0.0576. The van der Waals surface area contributed by atoms with Crippen molar-refractivity contribution in [1.82, 2.24) is 9.55 Å². The smallest absolute Gasteiger partial charge is 0.306 e. The number of esters is 1. The van der Waals surface area contributed by atoms with E-state index in [1.54, 1.807) is 11.8 Å².